The predicted octanol–water partition coefficient (Wildman–Crippen LogP) is 2.80. The first-order valence-electron chi connectivity index (χ1n) is 4.54. The molecule has 0 saturated heterocycles. The first-order chi connectivity index (χ1) is 7.27. The highest BCUT2D eigenvalue weighted by Gasteiger charge is 2.12. The first kappa shape index (κ1) is 10.2. The van der Waals surface area contributed by atoms with Crippen molar-refractivity contribution >= 4 is 11.8 Å². The average molecular weight is 223 g/mol. The van der Waals surface area contributed by atoms with E-state index in [1.54, 1.807) is 18.3 Å². The van der Waals surface area contributed by atoms with Gasteiger partial charge in [-0.25, -0.2) is 4.39 Å². The van der Waals surface area contributed by atoms with Gasteiger partial charge in [0.15, 0.2) is 0 Å². The monoisotopic (exact) mass is 223 g/mol. The molecule has 0 fully saturated rings. The summed E-state index contributed by atoms with van der Waals surface area (Å²) in [5.41, 5.74) is 0.686. The number of nitrogens with zero attached hydrogens (tertiary/aromatic N) is 2. The van der Waals surface area contributed by atoms with Crippen LogP contribution in [0.25, 0.3) is 0 Å². The van der Waals surface area contributed by atoms with Crippen molar-refractivity contribution in [3.63, 3.8) is 0 Å². The highest BCUT2D eigenvalue weighted by molar-refractivity contribution is 7.99. The maximum Gasteiger partial charge on any atom is 0.139 e. The van der Waals surface area contributed by atoms with Gasteiger partial charge < -0.3 is 0 Å². The van der Waals surface area contributed by atoms with E-state index in [1.807, 2.05) is 13.0 Å². The molecule has 78 valence electrons. The zero-order chi connectivity index (χ0) is 10.7. The molecule has 2 aromatic rings. The van der Waals surface area contributed by atoms with Gasteiger partial charge in [-0.1, -0.05) is 30.0 Å². The van der Waals surface area contributed by atoms with Crippen molar-refractivity contribution in [3.8, 4) is 0 Å². The van der Waals surface area contributed by atoms with Gasteiger partial charge in [-0.2, -0.15) is 10.3 Å². The van der Waals surface area contributed by atoms with E-state index in [9.17, 15) is 4.39 Å². The summed E-state index contributed by atoms with van der Waals surface area (Å²) in [7, 11) is 0. The van der Waals surface area contributed by atoms with Crippen LogP contribution in [0, 0.1) is 5.82 Å². The van der Waals surface area contributed by atoms with Gasteiger partial charge in [0.1, 0.15) is 10.8 Å². The van der Waals surface area contributed by atoms with Crippen molar-refractivity contribution in [2.75, 3.05) is 0 Å². The van der Waals surface area contributed by atoms with E-state index in [1.165, 1.54) is 17.8 Å². The fourth-order valence-electron chi connectivity index (χ4n) is 1.30. The van der Waals surface area contributed by atoms with Gasteiger partial charge in [-0.3, -0.25) is 0 Å². The Hall–Kier alpha value is -1.36. The standard InChI is InChI=1S/C10H10FN3S/c1-7(15-10-6-12-14-13-10)8-4-2-3-5-9(8)11/h2-7H,1H3,(H,12,13,14). The third kappa shape index (κ3) is 2.36. The molecule has 5 heteroatoms. The molecular weight excluding hydrogens is 213 g/mol. The predicted molar refractivity (Wildman–Crippen MR) is 57.1 cm³/mol. The molecule has 1 aromatic heterocycles. The lowest BCUT2D eigenvalue weighted by molar-refractivity contribution is 0.611. The molecule has 0 amide bonds. The molecule has 2 rings (SSSR count). The number of H-pyrrole nitrogens is 1. The lowest BCUT2D eigenvalue weighted by Crippen LogP contribution is -1.92. The molecule has 3 nitrogen and oxygen atoms in total. The molecule has 1 N–H and O–H groups in total. The molecule has 0 aliphatic carbocycles. The lowest BCUT2D eigenvalue weighted by Gasteiger charge is -2.09. The molecule has 0 spiro atoms. The Labute approximate surface area is 91.1 Å². The van der Waals surface area contributed by atoms with E-state index in [-0.39, 0.29) is 11.1 Å². The Balaban J connectivity index is 2.15. The second-order valence-electron chi connectivity index (χ2n) is 3.09. The molecular formula is C10H10FN3S. The topological polar surface area (TPSA) is 41.6 Å². The number of hydrogen-bond donors (Lipinski definition) is 1. The molecule has 1 atom stereocenters. The minimum Gasteiger partial charge on any atom is -0.207 e. The van der Waals surface area contributed by atoms with Crippen LogP contribution in [0.5, 0.6) is 0 Å². The molecule has 0 aliphatic heterocycles. The minimum absolute atomic E-state index is 0.0244. The second-order valence-corrected chi connectivity index (χ2v) is 4.45. The van der Waals surface area contributed by atoms with Gasteiger partial charge >= 0.3 is 0 Å². The number of aromatic nitrogens is 3. The summed E-state index contributed by atoms with van der Waals surface area (Å²) >= 11 is 1.47. The van der Waals surface area contributed by atoms with Gasteiger partial charge in [0.05, 0.1) is 6.20 Å². The van der Waals surface area contributed by atoms with Crippen LogP contribution in [0.15, 0.2) is 35.5 Å². The van der Waals surface area contributed by atoms with Crippen molar-refractivity contribution in [2.45, 2.75) is 17.2 Å². The summed E-state index contributed by atoms with van der Waals surface area (Å²) in [6.07, 6.45) is 1.63. The van der Waals surface area contributed by atoms with E-state index in [4.69, 9.17) is 0 Å². The summed E-state index contributed by atoms with van der Waals surface area (Å²) in [6.45, 7) is 1.94. The van der Waals surface area contributed by atoms with Crippen molar-refractivity contribution in [2.24, 2.45) is 0 Å². The Morgan fingerprint density at radius 2 is 2.20 bits per heavy atom. The maximum atomic E-state index is 13.4. The Morgan fingerprint density at radius 3 is 2.87 bits per heavy atom. The molecule has 1 aromatic carbocycles. The number of thioether (sulfide) groups is 1. The SMILES string of the molecule is CC(Sc1cn[nH]n1)c1ccccc1F. The zero-order valence-electron chi connectivity index (χ0n) is 8.14. The number of nitrogens with one attached hydrogen (secondary N) is 1. The normalized spacial score (nSPS) is 12.7. The van der Waals surface area contributed by atoms with Crippen LogP contribution in [0.2, 0.25) is 0 Å². The third-order valence-corrected chi connectivity index (χ3v) is 3.08. The molecule has 0 saturated carbocycles. The zero-order valence-corrected chi connectivity index (χ0v) is 8.96. The van der Waals surface area contributed by atoms with Crippen LogP contribution in [0.3, 0.4) is 0 Å². The number of hydrogen-bond acceptors (Lipinski definition) is 3. The molecule has 15 heavy (non-hydrogen) atoms. The summed E-state index contributed by atoms with van der Waals surface area (Å²) in [5, 5.41) is 10.9. The van der Waals surface area contributed by atoms with Gasteiger partial charge in [0.25, 0.3) is 0 Å². The molecule has 0 radical (unpaired) electrons. The smallest absolute Gasteiger partial charge is 0.139 e. The fraction of sp³-hybridized carbons (Fsp3) is 0.200. The number of rotatable bonds is 3. The summed E-state index contributed by atoms with van der Waals surface area (Å²) in [6, 6.07) is 6.77. The van der Waals surface area contributed by atoms with Crippen molar-refractivity contribution in [3.05, 3.63) is 41.8 Å². The van der Waals surface area contributed by atoms with Gasteiger partial charge in [-0.05, 0) is 13.0 Å². The van der Waals surface area contributed by atoms with Gasteiger partial charge in [-0.15, -0.1) is 5.10 Å². The molecule has 0 bridgehead atoms. The lowest BCUT2D eigenvalue weighted by atomic mass is 10.1. The number of halogens is 1. The second kappa shape index (κ2) is 4.44. The Kier molecular flexibility index (Phi) is 3.01. The molecule has 1 unspecified atom stereocenters. The van der Waals surface area contributed by atoms with E-state index < -0.39 is 0 Å². The fourth-order valence-corrected chi connectivity index (χ4v) is 2.18. The average Bonchev–Trinajstić information content (AvgIpc) is 2.71. The summed E-state index contributed by atoms with van der Waals surface area (Å²) < 4.78 is 13.4. The Bertz CT molecular complexity index is 430. The van der Waals surface area contributed by atoms with E-state index in [0.717, 1.165) is 5.03 Å². The third-order valence-electron chi connectivity index (χ3n) is 2.03. The number of benzene rings is 1. The largest absolute Gasteiger partial charge is 0.207 e. The van der Waals surface area contributed by atoms with Crippen molar-refractivity contribution in [1.29, 1.82) is 0 Å². The van der Waals surface area contributed by atoms with Crippen LogP contribution in [0.4, 0.5) is 4.39 Å². The highest BCUT2D eigenvalue weighted by Crippen LogP contribution is 2.33. The summed E-state index contributed by atoms with van der Waals surface area (Å²) in [5.74, 6) is -0.180. The van der Waals surface area contributed by atoms with Crippen molar-refractivity contribution in [1.82, 2.24) is 15.4 Å². The van der Waals surface area contributed by atoms with E-state index in [2.05, 4.69) is 15.4 Å². The number of aromatic amines is 1. The van der Waals surface area contributed by atoms with Crippen LogP contribution in [0.1, 0.15) is 17.7 Å². The van der Waals surface area contributed by atoms with E-state index in [0.29, 0.717) is 5.56 Å². The molecule has 1 heterocycles. The van der Waals surface area contributed by atoms with Crippen LogP contribution in [-0.4, -0.2) is 15.4 Å². The summed E-state index contributed by atoms with van der Waals surface area (Å²) in [4.78, 5) is 0. The van der Waals surface area contributed by atoms with E-state index >= 15 is 0 Å². The first-order valence-corrected chi connectivity index (χ1v) is 5.42. The van der Waals surface area contributed by atoms with Crippen LogP contribution in [-0.2, 0) is 0 Å². The highest BCUT2D eigenvalue weighted by atomic mass is 32.2. The van der Waals surface area contributed by atoms with Crippen LogP contribution >= 0.6 is 11.8 Å². The Morgan fingerprint density at radius 1 is 1.40 bits per heavy atom. The van der Waals surface area contributed by atoms with Crippen LogP contribution < -0.4 is 0 Å². The maximum absolute atomic E-state index is 13.4. The molecule has 0 aliphatic rings. The van der Waals surface area contributed by atoms with Crippen molar-refractivity contribution < 1.29 is 4.39 Å². The quantitative estimate of drug-likeness (QED) is 0.813. The van der Waals surface area contributed by atoms with Gasteiger partial charge in [0.2, 0.25) is 0 Å². The van der Waals surface area contributed by atoms with Gasteiger partial charge in [0, 0.05) is 10.8 Å². The minimum atomic E-state index is -0.180.